The number of nitrogens with two attached hydrogens (primary N) is 1. The molecule has 1 aliphatic heterocycles. The van der Waals surface area contributed by atoms with Gasteiger partial charge in [-0.05, 0) is 19.3 Å². The minimum Gasteiger partial charge on any atom is -0.481 e. The van der Waals surface area contributed by atoms with E-state index in [1.165, 1.54) is 0 Å². The van der Waals surface area contributed by atoms with Gasteiger partial charge in [-0.25, -0.2) is 4.79 Å². The molecule has 0 aromatic rings. The maximum absolute atomic E-state index is 11.7. The molecule has 102 valence electrons. The molecule has 0 bridgehead atoms. The van der Waals surface area contributed by atoms with E-state index in [1.807, 2.05) is 0 Å². The number of amides is 3. The van der Waals surface area contributed by atoms with Crippen LogP contribution in [0.4, 0.5) is 4.79 Å². The fourth-order valence-corrected chi connectivity index (χ4v) is 1.89. The number of hydrogen-bond donors (Lipinski definition) is 3. The van der Waals surface area contributed by atoms with E-state index in [9.17, 15) is 14.4 Å². The predicted octanol–water partition coefficient (Wildman–Crippen LogP) is -0.242. The number of unbranched alkanes of at least 4 members (excludes halogenated alkanes) is 1. The largest absolute Gasteiger partial charge is 0.481 e. The second-order valence-electron chi connectivity index (χ2n) is 4.42. The summed E-state index contributed by atoms with van der Waals surface area (Å²) in [4.78, 5) is 34.4. The van der Waals surface area contributed by atoms with Crippen LogP contribution in [0.3, 0.4) is 0 Å². The highest BCUT2D eigenvalue weighted by atomic mass is 16.4. The molecule has 7 nitrogen and oxygen atoms in total. The number of nitrogens with zero attached hydrogens (tertiary/aromatic N) is 1. The van der Waals surface area contributed by atoms with Crippen molar-refractivity contribution in [2.45, 2.75) is 25.7 Å². The van der Waals surface area contributed by atoms with E-state index >= 15 is 0 Å². The number of carbonyl (C=O) groups excluding carboxylic acids is 2. The molecule has 1 rings (SSSR count). The van der Waals surface area contributed by atoms with Gasteiger partial charge in [0.1, 0.15) is 0 Å². The standard InChI is InChI=1S/C11H19N3O4/c12-10(17)8-4-6-14(7-8)11(18)13-5-2-1-3-9(15)16/h8H,1-7H2,(H2,12,17)(H,13,18)(H,15,16). The molecule has 0 aromatic carbocycles. The Morgan fingerprint density at radius 3 is 2.61 bits per heavy atom. The Balaban J connectivity index is 2.14. The first-order valence-electron chi connectivity index (χ1n) is 6.04. The summed E-state index contributed by atoms with van der Waals surface area (Å²) < 4.78 is 0. The zero-order chi connectivity index (χ0) is 13.5. The molecule has 0 aromatic heterocycles. The van der Waals surface area contributed by atoms with Crippen LogP contribution in [-0.2, 0) is 9.59 Å². The summed E-state index contributed by atoms with van der Waals surface area (Å²) in [6.45, 7) is 1.36. The second-order valence-corrected chi connectivity index (χ2v) is 4.42. The van der Waals surface area contributed by atoms with Crippen molar-refractivity contribution in [2.75, 3.05) is 19.6 Å². The Morgan fingerprint density at radius 2 is 2.06 bits per heavy atom. The van der Waals surface area contributed by atoms with Crippen molar-refractivity contribution >= 4 is 17.9 Å². The van der Waals surface area contributed by atoms with Gasteiger partial charge < -0.3 is 21.1 Å². The van der Waals surface area contributed by atoms with Gasteiger partial charge in [-0.2, -0.15) is 0 Å². The normalized spacial score (nSPS) is 18.7. The minimum atomic E-state index is -0.829. The lowest BCUT2D eigenvalue weighted by Gasteiger charge is -2.16. The molecular weight excluding hydrogens is 238 g/mol. The van der Waals surface area contributed by atoms with Crippen molar-refractivity contribution in [3.8, 4) is 0 Å². The number of nitrogens with one attached hydrogen (secondary N) is 1. The SMILES string of the molecule is NC(=O)C1CCN(C(=O)NCCCCC(=O)O)C1. The fourth-order valence-electron chi connectivity index (χ4n) is 1.89. The van der Waals surface area contributed by atoms with Gasteiger partial charge in [-0.15, -0.1) is 0 Å². The van der Waals surface area contributed by atoms with E-state index in [4.69, 9.17) is 10.8 Å². The van der Waals surface area contributed by atoms with E-state index in [0.717, 1.165) is 0 Å². The third kappa shape index (κ3) is 4.60. The van der Waals surface area contributed by atoms with Gasteiger partial charge in [0.15, 0.2) is 0 Å². The van der Waals surface area contributed by atoms with Crippen molar-refractivity contribution in [1.29, 1.82) is 0 Å². The second kappa shape index (κ2) is 6.83. The molecule has 0 spiro atoms. The van der Waals surface area contributed by atoms with Gasteiger partial charge >= 0.3 is 12.0 Å². The minimum absolute atomic E-state index is 0.114. The highest BCUT2D eigenvalue weighted by Gasteiger charge is 2.29. The number of urea groups is 1. The van der Waals surface area contributed by atoms with Gasteiger partial charge in [-0.1, -0.05) is 0 Å². The van der Waals surface area contributed by atoms with E-state index in [1.54, 1.807) is 4.90 Å². The third-order valence-corrected chi connectivity index (χ3v) is 2.97. The number of carboxylic acid groups (broad SMARTS) is 1. The summed E-state index contributed by atoms with van der Waals surface area (Å²) in [6.07, 6.45) is 1.90. The van der Waals surface area contributed by atoms with E-state index < -0.39 is 5.97 Å². The molecular formula is C11H19N3O4. The van der Waals surface area contributed by atoms with Crippen molar-refractivity contribution in [3.63, 3.8) is 0 Å². The Kier molecular flexibility index (Phi) is 5.41. The first-order chi connectivity index (χ1) is 8.50. The fraction of sp³-hybridized carbons (Fsp3) is 0.727. The number of carboxylic acids is 1. The molecule has 1 atom stereocenters. The van der Waals surface area contributed by atoms with Crippen LogP contribution in [0.15, 0.2) is 0 Å². The maximum atomic E-state index is 11.7. The van der Waals surface area contributed by atoms with Gasteiger partial charge in [0.05, 0.1) is 5.92 Å². The molecule has 1 saturated heterocycles. The summed E-state index contributed by atoms with van der Waals surface area (Å²) in [5, 5.41) is 11.1. The Bertz CT molecular complexity index is 332. The van der Waals surface area contributed by atoms with Crippen LogP contribution < -0.4 is 11.1 Å². The quantitative estimate of drug-likeness (QED) is 0.570. The van der Waals surface area contributed by atoms with Gasteiger partial charge in [-0.3, -0.25) is 9.59 Å². The Hall–Kier alpha value is -1.79. The van der Waals surface area contributed by atoms with Gasteiger partial charge in [0.2, 0.25) is 5.91 Å². The van der Waals surface area contributed by atoms with Crippen molar-refractivity contribution in [2.24, 2.45) is 11.7 Å². The summed E-state index contributed by atoms with van der Waals surface area (Å²) in [6, 6.07) is -0.214. The zero-order valence-electron chi connectivity index (χ0n) is 10.2. The van der Waals surface area contributed by atoms with Crippen LogP contribution in [0.5, 0.6) is 0 Å². The number of carbonyl (C=O) groups is 3. The Labute approximate surface area is 105 Å². The molecule has 7 heteroatoms. The molecule has 0 radical (unpaired) electrons. The van der Waals surface area contributed by atoms with Crippen LogP contribution in [0.2, 0.25) is 0 Å². The maximum Gasteiger partial charge on any atom is 0.317 e. The van der Waals surface area contributed by atoms with Gasteiger partial charge in [0, 0.05) is 26.1 Å². The number of likely N-dealkylation sites (tertiary alicyclic amines) is 1. The number of aliphatic carboxylic acids is 1. The Morgan fingerprint density at radius 1 is 1.33 bits per heavy atom. The molecule has 3 amide bonds. The lowest BCUT2D eigenvalue weighted by atomic mass is 10.1. The van der Waals surface area contributed by atoms with E-state index in [0.29, 0.717) is 38.9 Å². The molecule has 1 aliphatic rings. The average Bonchev–Trinajstić information content (AvgIpc) is 2.77. The van der Waals surface area contributed by atoms with Crippen LogP contribution in [-0.4, -0.2) is 47.5 Å². The summed E-state index contributed by atoms with van der Waals surface area (Å²) in [7, 11) is 0. The molecule has 1 fully saturated rings. The first-order valence-corrected chi connectivity index (χ1v) is 6.04. The zero-order valence-corrected chi connectivity index (χ0v) is 10.2. The van der Waals surface area contributed by atoms with Gasteiger partial charge in [0.25, 0.3) is 0 Å². The predicted molar refractivity (Wildman–Crippen MR) is 63.8 cm³/mol. The third-order valence-electron chi connectivity index (χ3n) is 2.97. The van der Waals surface area contributed by atoms with Crippen molar-refractivity contribution < 1.29 is 19.5 Å². The molecule has 18 heavy (non-hydrogen) atoms. The average molecular weight is 257 g/mol. The van der Waals surface area contributed by atoms with Crippen LogP contribution in [0.1, 0.15) is 25.7 Å². The smallest absolute Gasteiger partial charge is 0.317 e. The molecule has 1 heterocycles. The highest BCUT2D eigenvalue weighted by Crippen LogP contribution is 2.15. The van der Waals surface area contributed by atoms with Crippen molar-refractivity contribution in [1.82, 2.24) is 10.2 Å². The first kappa shape index (κ1) is 14.3. The lowest BCUT2D eigenvalue weighted by molar-refractivity contribution is -0.137. The number of hydrogen-bond acceptors (Lipinski definition) is 3. The summed E-state index contributed by atoms with van der Waals surface area (Å²) in [5.41, 5.74) is 5.18. The van der Waals surface area contributed by atoms with Crippen LogP contribution in [0.25, 0.3) is 0 Å². The molecule has 0 aliphatic carbocycles. The number of rotatable bonds is 6. The topological polar surface area (TPSA) is 113 Å². The lowest BCUT2D eigenvalue weighted by Crippen LogP contribution is -2.39. The highest BCUT2D eigenvalue weighted by molar-refractivity contribution is 5.80. The number of primary amides is 1. The monoisotopic (exact) mass is 257 g/mol. The summed E-state index contributed by atoms with van der Waals surface area (Å²) >= 11 is 0. The van der Waals surface area contributed by atoms with Crippen molar-refractivity contribution in [3.05, 3.63) is 0 Å². The van der Waals surface area contributed by atoms with E-state index in [2.05, 4.69) is 5.32 Å². The molecule has 4 N–H and O–H groups in total. The van der Waals surface area contributed by atoms with E-state index in [-0.39, 0.29) is 24.3 Å². The molecule has 1 unspecified atom stereocenters. The molecule has 0 saturated carbocycles. The van der Waals surface area contributed by atoms with Crippen LogP contribution >= 0.6 is 0 Å². The summed E-state index contributed by atoms with van der Waals surface area (Å²) in [5.74, 6) is -1.44. The van der Waals surface area contributed by atoms with Crippen LogP contribution in [0, 0.1) is 5.92 Å².